The number of aliphatic imine (C=N–C) groups is 1. The molecular weight excluding hydrogens is 531 g/mol. The molecule has 30 heavy (non-hydrogen) atoms. The van der Waals surface area contributed by atoms with Crippen molar-refractivity contribution in [1.82, 2.24) is 10.2 Å². The predicted molar refractivity (Wildman–Crippen MR) is 138 cm³/mol. The number of piperazine rings is 1. The average Bonchev–Trinajstić information content (AvgIpc) is 3.26. The lowest BCUT2D eigenvalue weighted by Crippen LogP contribution is -2.52. The molecule has 0 radical (unpaired) electrons. The first-order chi connectivity index (χ1) is 14.1. The highest BCUT2D eigenvalue weighted by molar-refractivity contribution is 14.0. The summed E-state index contributed by atoms with van der Waals surface area (Å²) < 4.78 is 24.7. The van der Waals surface area contributed by atoms with Crippen LogP contribution in [0.25, 0.3) is 0 Å². The number of guanidine groups is 1. The number of benzene rings is 1. The van der Waals surface area contributed by atoms with Crippen molar-refractivity contribution in [3.63, 3.8) is 0 Å². The zero-order valence-corrected chi connectivity index (χ0v) is 21.3. The number of anilines is 1. The number of nitrogens with one attached hydrogen (secondary N) is 1. The van der Waals surface area contributed by atoms with Gasteiger partial charge in [-0.2, -0.15) is 0 Å². The summed E-state index contributed by atoms with van der Waals surface area (Å²) in [4.78, 5) is 9.36. The van der Waals surface area contributed by atoms with Gasteiger partial charge < -0.3 is 15.1 Å². The summed E-state index contributed by atoms with van der Waals surface area (Å²) in [6.07, 6.45) is 0.541. The van der Waals surface area contributed by atoms with Crippen molar-refractivity contribution in [3.8, 4) is 0 Å². The van der Waals surface area contributed by atoms with Crippen molar-refractivity contribution in [3.05, 3.63) is 53.4 Å². The summed E-state index contributed by atoms with van der Waals surface area (Å²) in [6.45, 7) is 7.14. The Morgan fingerprint density at radius 1 is 1.10 bits per heavy atom. The van der Waals surface area contributed by atoms with Gasteiger partial charge in [0.05, 0.1) is 16.5 Å². The first-order valence-electron chi connectivity index (χ1n) is 10.1. The lowest BCUT2D eigenvalue weighted by Gasteiger charge is -2.37. The molecule has 2 aromatic rings. The van der Waals surface area contributed by atoms with Crippen LogP contribution in [0.15, 0.2) is 52.8 Å². The van der Waals surface area contributed by atoms with Crippen molar-refractivity contribution in [2.24, 2.45) is 4.99 Å². The number of sulfone groups is 1. The first-order valence-corrected chi connectivity index (χ1v) is 12.8. The van der Waals surface area contributed by atoms with Gasteiger partial charge in [-0.05, 0) is 36.4 Å². The summed E-state index contributed by atoms with van der Waals surface area (Å²) in [5.74, 6) is 1.15. The molecule has 0 saturated carbocycles. The van der Waals surface area contributed by atoms with Gasteiger partial charge in [0, 0.05) is 39.3 Å². The van der Waals surface area contributed by atoms with Crippen LogP contribution in [0.5, 0.6) is 0 Å². The number of halogens is 1. The molecule has 1 aliphatic rings. The van der Waals surface area contributed by atoms with Gasteiger partial charge in [-0.3, -0.25) is 4.99 Å². The van der Waals surface area contributed by atoms with E-state index in [4.69, 9.17) is 0 Å². The topological polar surface area (TPSA) is 65.0 Å². The highest BCUT2D eigenvalue weighted by Crippen LogP contribution is 2.22. The maximum Gasteiger partial charge on any atom is 0.194 e. The Bertz CT molecular complexity index is 866. The molecule has 0 atom stereocenters. The fourth-order valence-corrected chi connectivity index (χ4v) is 5.58. The van der Waals surface area contributed by atoms with Gasteiger partial charge in [0.1, 0.15) is 0 Å². The van der Waals surface area contributed by atoms with Gasteiger partial charge in [0.2, 0.25) is 0 Å². The molecule has 166 valence electrons. The zero-order valence-electron chi connectivity index (χ0n) is 17.4. The quantitative estimate of drug-likeness (QED) is 0.231. The van der Waals surface area contributed by atoms with E-state index in [9.17, 15) is 8.42 Å². The molecule has 0 bridgehead atoms. The molecule has 0 aliphatic carbocycles. The summed E-state index contributed by atoms with van der Waals surface area (Å²) >= 11 is 1.77. The van der Waals surface area contributed by atoms with Crippen LogP contribution in [0.3, 0.4) is 0 Å². The Morgan fingerprint density at radius 2 is 1.83 bits per heavy atom. The van der Waals surface area contributed by atoms with Crippen molar-refractivity contribution in [2.45, 2.75) is 19.1 Å². The minimum atomic E-state index is -3.11. The minimum absolute atomic E-state index is 0. The van der Waals surface area contributed by atoms with Crippen molar-refractivity contribution in [2.75, 3.05) is 49.9 Å². The molecule has 0 unspecified atom stereocenters. The second-order valence-electron chi connectivity index (χ2n) is 7.09. The standard InChI is InChI=1S/C21H30N4O2S2.HI/c1-2-22-21(25-14-12-24(13-15-25)20-10-6-16-28-20)23-11-7-17-29(26,27)18-19-8-4-3-5-9-19;/h3-6,8-10,16H,2,7,11-15,17-18H2,1H3,(H,22,23);1H. The Morgan fingerprint density at radius 3 is 2.47 bits per heavy atom. The van der Waals surface area contributed by atoms with E-state index < -0.39 is 9.84 Å². The summed E-state index contributed by atoms with van der Waals surface area (Å²) in [6, 6.07) is 13.6. The van der Waals surface area contributed by atoms with E-state index in [1.165, 1.54) is 5.00 Å². The highest BCUT2D eigenvalue weighted by Gasteiger charge is 2.20. The lowest BCUT2D eigenvalue weighted by atomic mass is 10.2. The van der Waals surface area contributed by atoms with Crippen molar-refractivity contribution in [1.29, 1.82) is 0 Å². The highest BCUT2D eigenvalue weighted by atomic mass is 127. The second kappa shape index (κ2) is 12.5. The molecule has 6 nitrogen and oxygen atoms in total. The summed E-state index contributed by atoms with van der Waals surface area (Å²) in [5.41, 5.74) is 0.841. The molecule has 1 fully saturated rings. The first kappa shape index (κ1) is 24.9. The zero-order chi connectivity index (χ0) is 20.5. The van der Waals surface area contributed by atoms with E-state index in [0.717, 1.165) is 44.2 Å². The number of rotatable bonds is 8. The molecule has 1 saturated heterocycles. The van der Waals surface area contributed by atoms with Crippen LogP contribution in [-0.2, 0) is 15.6 Å². The Balaban J connectivity index is 0.00000320. The fraction of sp³-hybridized carbons (Fsp3) is 0.476. The average molecular weight is 563 g/mol. The van der Waals surface area contributed by atoms with Gasteiger partial charge >= 0.3 is 0 Å². The number of hydrogen-bond acceptors (Lipinski definition) is 5. The lowest BCUT2D eigenvalue weighted by molar-refractivity contribution is 0.373. The summed E-state index contributed by atoms with van der Waals surface area (Å²) in [7, 11) is -3.11. The fourth-order valence-electron chi connectivity index (χ4n) is 3.38. The molecule has 0 amide bonds. The molecular formula is C21H31IN4O2S2. The maximum absolute atomic E-state index is 12.3. The Kier molecular flexibility index (Phi) is 10.4. The molecule has 0 spiro atoms. The molecule has 1 aliphatic heterocycles. The van der Waals surface area contributed by atoms with Crippen LogP contribution in [0.1, 0.15) is 18.9 Å². The van der Waals surface area contributed by atoms with E-state index >= 15 is 0 Å². The van der Waals surface area contributed by atoms with Gasteiger partial charge in [-0.25, -0.2) is 8.42 Å². The molecule has 1 aromatic carbocycles. The second-order valence-corrected chi connectivity index (χ2v) is 10.2. The van der Waals surface area contributed by atoms with Gasteiger partial charge in [0.15, 0.2) is 15.8 Å². The van der Waals surface area contributed by atoms with Crippen LogP contribution in [0.4, 0.5) is 5.00 Å². The van der Waals surface area contributed by atoms with Gasteiger partial charge in [-0.1, -0.05) is 30.3 Å². The van der Waals surface area contributed by atoms with Crippen LogP contribution in [-0.4, -0.2) is 64.3 Å². The van der Waals surface area contributed by atoms with Crippen LogP contribution >= 0.6 is 35.3 Å². The van der Waals surface area contributed by atoms with E-state index in [1.807, 2.05) is 30.3 Å². The monoisotopic (exact) mass is 562 g/mol. The van der Waals surface area contributed by atoms with Crippen molar-refractivity contribution >= 4 is 56.1 Å². The smallest absolute Gasteiger partial charge is 0.194 e. The van der Waals surface area contributed by atoms with E-state index in [0.29, 0.717) is 13.0 Å². The van der Waals surface area contributed by atoms with Crippen LogP contribution in [0.2, 0.25) is 0 Å². The molecule has 1 aromatic heterocycles. The van der Waals surface area contributed by atoms with Gasteiger partial charge in [-0.15, -0.1) is 35.3 Å². The SMILES string of the molecule is CCNC(=NCCCS(=O)(=O)Cc1ccccc1)N1CCN(c2cccs2)CC1.I. The van der Waals surface area contributed by atoms with Crippen LogP contribution in [0, 0.1) is 0 Å². The summed E-state index contributed by atoms with van der Waals surface area (Å²) in [5, 5.41) is 6.78. The number of thiophene rings is 1. The minimum Gasteiger partial charge on any atom is -0.360 e. The molecule has 3 rings (SSSR count). The van der Waals surface area contributed by atoms with Gasteiger partial charge in [0.25, 0.3) is 0 Å². The third-order valence-electron chi connectivity index (χ3n) is 4.84. The van der Waals surface area contributed by atoms with E-state index in [1.54, 1.807) is 11.3 Å². The maximum atomic E-state index is 12.3. The van der Waals surface area contributed by atoms with E-state index in [-0.39, 0.29) is 35.5 Å². The predicted octanol–water partition coefficient (Wildman–Crippen LogP) is 3.46. The van der Waals surface area contributed by atoms with Crippen molar-refractivity contribution < 1.29 is 8.42 Å². The number of nitrogens with zero attached hydrogens (tertiary/aromatic N) is 3. The Hall–Kier alpha value is -1.33. The van der Waals surface area contributed by atoms with Crippen LogP contribution < -0.4 is 10.2 Å². The molecule has 2 heterocycles. The third-order valence-corrected chi connectivity index (χ3v) is 7.45. The number of hydrogen-bond donors (Lipinski definition) is 1. The Labute approximate surface area is 201 Å². The normalized spacial score (nSPS) is 15.0. The largest absolute Gasteiger partial charge is 0.360 e. The van der Waals surface area contributed by atoms with E-state index in [2.05, 4.69) is 44.5 Å². The molecule has 1 N–H and O–H groups in total. The molecule has 9 heteroatoms. The third kappa shape index (κ3) is 7.73.